The Labute approximate surface area is 100 Å². The van der Waals surface area contributed by atoms with Crippen molar-refractivity contribution < 1.29 is 0 Å². The van der Waals surface area contributed by atoms with Gasteiger partial charge in [-0.1, -0.05) is 47.7 Å². The predicted molar refractivity (Wildman–Crippen MR) is 70.1 cm³/mol. The fraction of sp³-hybridized carbons (Fsp3) is 0.538. The fourth-order valence-electron chi connectivity index (χ4n) is 2.20. The number of rotatable bonds is 1. The molecular weight excluding hydrogens is 283 g/mol. The SMILES string of the molecule is CC1CCc2cc([C@@H](C)I)ccc2C1. The van der Waals surface area contributed by atoms with Crippen molar-refractivity contribution in [1.29, 1.82) is 0 Å². The summed E-state index contributed by atoms with van der Waals surface area (Å²) in [5, 5.41) is 0. The van der Waals surface area contributed by atoms with Crippen molar-refractivity contribution in [2.75, 3.05) is 0 Å². The Morgan fingerprint density at radius 2 is 2.14 bits per heavy atom. The summed E-state index contributed by atoms with van der Waals surface area (Å²) in [5.41, 5.74) is 4.67. The molecule has 0 aliphatic heterocycles. The number of hydrogen-bond donors (Lipinski definition) is 0. The van der Waals surface area contributed by atoms with Gasteiger partial charge >= 0.3 is 0 Å². The molecule has 2 atom stereocenters. The second-order valence-electron chi connectivity index (χ2n) is 4.49. The summed E-state index contributed by atoms with van der Waals surface area (Å²) >= 11 is 2.49. The molecule has 0 bridgehead atoms. The van der Waals surface area contributed by atoms with Gasteiger partial charge in [-0.2, -0.15) is 0 Å². The summed E-state index contributed by atoms with van der Waals surface area (Å²) in [6, 6.07) is 7.06. The van der Waals surface area contributed by atoms with Gasteiger partial charge in [-0.05, 0) is 48.8 Å². The maximum atomic E-state index is 2.49. The highest BCUT2D eigenvalue weighted by Crippen LogP contribution is 2.30. The van der Waals surface area contributed by atoms with Crippen LogP contribution in [0.25, 0.3) is 0 Å². The third kappa shape index (κ3) is 2.13. The van der Waals surface area contributed by atoms with E-state index in [4.69, 9.17) is 0 Å². The lowest BCUT2D eigenvalue weighted by Gasteiger charge is -2.22. The third-order valence-electron chi connectivity index (χ3n) is 3.16. The minimum absolute atomic E-state index is 0.636. The monoisotopic (exact) mass is 300 g/mol. The van der Waals surface area contributed by atoms with Crippen molar-refractivity contribution in [1.82, 2.24) is 0 Å². The third-order valence-corrected chi connectivity index (χ3v) is 3.88. The molecule has 0 nitrogen and oxygen atoms in total. The first-order chi connectivity index (χ1) is 6.66. The van der Waals surface area contributed by atoms with Gasteiger partial charge in [0.15, 0.2) is 0 Å². The van der Waals surface area contributed by atoms with E-state index in [9.17, 15) is 0 Å². The van der Waals surface area contributed by atoms with Crippen LogP contribution in [0.2, 0.25) is 0 Å². The topological polar surface area (TPSA) is 0 Å². The van der Waals surface area contributed by atoms with Gasteiger partial charge < -0.3 is 0 Å². The largest absolute Gasteiger partial charge is 0.0777 e. The van der Waals surface area contributed by atoms with E-state index in [0.717, 1.165) is 5.92 Å². The fourth-order valence-corrected chi connectivity index (χ4v) is 2.59. The lowest BCUT2D eigenvalue weighted by Crippen LogP contribution is -2.11. The van der Waals surface area contributed by atoms with E-state index in [1.807, 2.05) is 0 Å². The van der Waals surface area contributed by atoms with Crippen molar-refractivity contribution in [3.8, 4) is 0 Å². The van der Waals surface area contributed by atoms with E-state index in [0.29, 0.717) is 3.92 Å². The molecule has 1 heteroatoms. The van der Waals surface area contributed by atoms with Crippen LogP contribution in [-0.4, -0.2) is 0 Å². The number of benzene rings is 1. The quantitative estimate of drug-likeness (QED) is 0.535. The van der Waals surface area contributed by atoms with Gasteiger partial charge in [0.25, 0.3) is 0 Å². The Morgan fingerprint density at radius 3 is 2.86 bits per heavy atom. The molecule has 0 saturated carbocycles. The average molecular weight is 300 g/mol. The van der Waals surface area contributed by atoms with Crippen LogP contribution in [0.3, 0.4) is 0 Å². The Morgan fingerprint density at radius 1 is 1.36 bits per heavy atom. The minimum Gasteiger partial charge on any atom is -0.0777 e. The van der Waals surface area contributed by atoms with Crippen molar-refractivity contribution in [2.24, 2.45) is 5.92 Å². The molecule has 1 aromatic rings. The van der Waals surface area contributed by atoms with Crippen molar-refractivity contribution in [3.63, 3.8) is 0 Å². The summed E-state index contributed by atoms with van der Waals surface area (Å²) in [5.74, 6) is 0.880. The molecule has 76 valence electrons. The van der Waals surface area contributed by atoms with Crippen molar-refractivity contribution in [3.05, 3.63) is 34.9 Å². The van der Waals surface area contributed by atoms with Crippen LogP contribution in [0.1, 0.15) is 40.9 Å². The summed E-state index contributed by atoms with van der Waals surface area (Å²) < 4.78 is 0.636. The first-order valence-corrected chi connectivity index (χ1v) is 6.67. The van der Waals surface area contributed by atoms with E-state index in [1.165, 1.54) is 24.8 Å². The van der Waals surface area contributed by atoms with Crippen LogP contribution in [0.15, 0.2) is 18.2 Å². The van der Waals surface area contributed by atoms with Gasteiger partial charge in [0.1, 0.15) is 0 Å². The molecule has 2 rings (SSSR count). The van der Waals surface area contributed by atoms with Crippen LogP contribution >= 0.6 is 22.6 Å². The maximum Gasteiger partial charge on any atom is 0.0331 e. The molecule has 0 heterocycles. The highest BCUT2D eigenvalue weighted by atomic mass is 127. The Hall–Kier alpha value is -0.0500. The summed E-state index contributed by atoms with van der Waals surface area (Å²) in [4.78, 5) is 0. The summed E-state index contributed by atoms with van der Waals surface area (Å²) in [6.45, 7) is 4.62. The highest BCUT2D eigenvalue weighted by molar-refractivity contribution is 14.1. The van der Waals surface area contributed by atoms with E-state index in [1.54, 1.807) is 11.1 Å². The van der Waals surface area contributed by atoms with Gasteiger partial charge in [0, 0.05) is 3.92 Å². The number of aryl methyl sites for hydroxylation is 1. The van der Waals surface area contributed by atoms with Gasteiger partial charge in [0.2, 0.25) is 0 Å². The minimum atomic E-state index is 0.636. The molecule has 0 spiro atoms. The first kappa shape index (κ1) is 10.5. The molecule has 0 N–H and O–H groups in total. The molecule has 0 saturated heterocycles. The normalized spacial score (nSPS) is 22.9. The zero-order valence-corrected chi connectivity index (χ0v) is 11.0. The summed E-state index contributed by atoms with van der Waals surface area (Å²) in [7, 11) is 0. The van der Waals surface area contributed by atoms with Crippen molar-refractivity contribution in [2.45, 2.75) is 37.0 Å². The lowest BCUT2D eigenvalue weighted by atomic mass is 9.84. The first-order valence-electron chi connectivity index (χ1n) is 5.42. The second-order valence-corrected chi connectivity index (χ2v) is 6.36. The maximum absolute atomic E-state index is 2.49. The lowest BCUT2D eigenvalue weighted by molar-refractivity contribution is 0.501. The standard InChI is InChI=1S/C13H17I/c1-9-3-4-13-8-11(10(2)14)5-6-12(13)7-9/h5-6,8-10H,3-4,7H2,1-2H3/t9?,10-/m1/s1. The van der Waals surface area contributed by atoms with Crippen molar-refractivity contribution >= 4 is 22.6 Å². The molecule has 0 aromatic heterocycles. The van der Waals surface area contributed by atoms with E-state index < -0.39 is 0 Å². The van der Waals surface area contributed by atoms with Gasteiger partial charge in [-0.15, -0.1) is 0 Å². The van der Waals surface area contributed by atoms with Crippen LogP contribution in [0.4, 0.5) is 0 Å². The van der Waals surface area contributed by atoms with E-state index in [-0.39, 0.29) is 0 Å². The second kappa shape index (κ2) is 4.21. The number of hydrogen-bond acceptors (Lipinski definition) is 0. The molecular formula is C13H17I. The Kier molecular flexibility index (Phi) is 3.15. The van der Waals surface area contributed by atoms with E-state index >= 15 is 0 Å². The molecule has 1 aromatic carbocycles. The smallest absolute Gasteiger partial charge is 0.0331 e. The number of fused-ring (bicyclic) bond motifs is 1. The van der Waals surface area contributed by atoms with Gasteiger partial charge in [0.05, 0.1) is 0 Å². The Bertz CT molecular complexity index is 328. The van der Waals surface area contributed by atoms with Crippen LogP contribution in [-0.2, 0) is 12.8 Å². The highest BCUT2D eigenvalue weighted by Gasteiger charge is 2.15. The zero-order chi connectivity index (χ0) is 10.1. The molecule has 1 unspecified atom stereocenters. The van der Waals surface area contributed by atoms with Crippen LogP contribution in [0, 0.1) is 5.92 Å². The molecule has 0 amide bonds. The molecule has 0 fully saturated rings. The van der Waals surface area contributed by atoms with Gasteiger partial charge in [-0.3, -0.25) is 0 Å². The van der Waals surface area contributed by atoms with Crippen LogP contribution < -0.4 is 0 Å². The molecule has 0 radical (unpaired) electrons. The zero-order valence-electron chi connectivity index (χ0n) is 8.89. The molecule has 1 aliphatic carbocycles. The summed E-state index contributed by atoms with van der Waals surface area (Å²) in [6.07, 6.45) is 3.94. The van der Waals surface area contributed by atoms with E-state index in [2.05, 4.69) is 54.6 Å². The molecule has 1 aliphatic rings. The number of halogens is 1. The Balaban J connectivity index is 2.31. The van der Waals surface area contributed by atoms with Gasteiger partial charge in [-0.25, -0.2) is 0 Å². The molecule has 14 heavy (non-hydrogen) atoms. The predicted octanol–water partition coefficient (Wildman–Crippen LogP) is 4.31. The number of alkyl halides is 1. The van der Waals surface area contributed by atoms with Crippen LogP contribution in [0.5, 0.6) is 0 Å². The average Bonchev–Trinajstić information content (AvgIpc) is 2.16.